The summed E-state index contributed by atoms with van der Waals surface area (Å²) in [5, 5.41) is 0. The highest BCUT2D eigenvalue weighted by Gasteiger charge is 2.36. The molecule has 1 aromatic heterocycles. The number of carbonyl (C=O) groups excluding carboxylic acids is 2. The molecule has 0 aliphatic carbocycles. The van der Waals surface area contributed by atoms with Gasteiger partial charge >= 0.3 is 5.69 Å². The summed E-state index contributed by atoms with van der Waals surface area (Å²) >= 11 is 0. The number of benzene rings is 2. The van der Waals surface area contributed by atoms with Crippen molar-refractivity contribution in [3.8, 4) is 22.5 Å². The van der Waals surface area contributed by atoms with Crippen molar-refractivity contribution in [3.63, 3.8) is 0 Å². The Kier molecular flexibility index (Phi) is 6.84. The Hall–Kier alpha value is -3.61. The summed E-state index contributed by atoms with van der Waals surface area (Å²) in [6.45, 7) is 2.68. The molecule has 182 valence electrons. The zero-order chi connectivity index (χ0) is 24.2. The Morgan fingerprint density at radius 3 is 2.20 bits per heavy atom. The van der Waals surface area contributed by atoms with Crippen LogP contribution in [0.15, 0.2) is 65.5 Å². The molecular weight excluding hydrogens is 440 g/mol. The molecule has 35 heavy (non-hydrogen) atoms. The van der Waals surface area contributed by atoms with E-state index in [0.29, 0.717) is 25.9 Å². The van der Waals surface area contributed by atoms with Crippen molar-refractivity contribution in [2.45, 2.75) is 51.1 Å². The highest BCUT2D eigenvalue weighted by Crippen LogP contribution is 2.30. The molecule has 5 rings (SSSR count). The molecule has 7 heteroatoms. The van der Waals surface area contributed by atoms with Gasteiger partial charge in [0.1, 0.15) is 6.04 Å². The minimum Gasteiger partial charge on any atom is -0.341 e. The van der Waals surface area contributed by atoms with E-state index >= 15 is 0 Å². The lowest BCUT2D eigenvalue weighted by Gasteiger charge is -2.28. The number of aromatic nitrogens is 2. The van der Waals surface area contributed by atoms with Gasteiger partial charge in [0.05, 0.1) is 11.4 Å². The highest BCUT2D eigenvalue weighted by molar-refractivity contribution is 5.88. The molecule has 0 saturated carbocycles. The summed E-state index contributed by atoms with van der Waals surface area (Å²) in [5.41, 5.74) is 3.32. The molecule has 1 atom stereocenters. The molecule has 2 amide bonds. The fourth-order valence-electron chi connectivity index (χ4n) is 5.40. The molecule has 0 spiro atoms. The minimum atomic E-state index is -0.319. The molecule has 2 aliphatic heterocycles. The van der Waals surface area contributed by atoms with Crippen molar-refractivity contribution < 1.29 is 9.59 Å². The predicted octanol–water partition coefficient (Wildman–Crippen LogP) is 3.90. The SMILES string of the molecule is O=C([C@@H]1CCCN1C(=O)CCCn1c(-c2ccccc2)c(-c2ccccc2)[nH]c1=O)N1CCCC1. The van der Waals surface area contributed by atoms with Crippen LogP contribution >= 0.6 is 0 Å². The van der Waals surface area contributed by atoms with Gasteiger partial charge in [-0.25, -0.2) is 4.79 Å². The number of likely N-dealkylation sites (tertiary alicyclic amines) is 2. The summed E-state index contributed by atoms with van der Waals surface area (Å²) in [6, 6.07) is 19.4. The van der Waals surface area contributed by atoms with E-state index in [-0.39, 0.29) is 23.5 Å². The van der Waals surface area contributed by atoms with Crippen LogP contribution < -0.4 is 5.69 Å². The van der Waals surface area contributed by atoms with Gasteiger partial charge in [0.25, 0.3) is 0 Å². The third-order valence-electron chi connectivity index (χ3n) is 7.14. The van der Waals surface area contributed by atoms with Crippen molar-refractivity contribution in [3.05, 3.63) is 71.1 Å². The second-order valence-electron chi connectivity index (χ2n) is 9.42. The number of hydrogen-bond acceptors (Lipinski definition) is 3. The Balaban J connectivity index is 1.32. The van der Waals surface area contributed by atoms with Crippen molar-refractivity contribution in [1.29, 1.82) is 0 Å². The van der Waals surface area contributed by atoms with Gasteiger partial charge in [-0.1, -0.05) is 60.7 Å². The number of rotatable bonds is 7. The average molecular weight is 473 g/mol. The normalized spacial score (nSPS) is 17.8. The second-order valence-corrected chi connectivity index (χ2v) is 9.42. The molecule has 7 nitrogen and oxygen atoms in total. The van der Waals surface area contributed by atoms with Gasteiger partial charge < -0.3 is 14.8 Å². The lowest BCUT2D eigenvalue weighted by Crippen LogP contribution is -2.46. The van der Waals surface area contributed by atoms with E-state index in [1.807, 2.05) is 65.6 Å². The molecule has 0 bridgehead atoms. The largest absolute Gasteiger partial charge is 0.341 e. The first-order valence-electron chi connectivity index (χ1n) is 12.7. The van der Waals surface area contributed by atoms with Crippen molar-refractivity contribution in [2.75, 3.05) is 19.6 Å². The van der Waals surface area contributed by atoms with Gasteiger partial charge in [0.15, 0.2) is 0 Å². The zero-order valence-electron chi connectivity index (χ0n) is 20.0. The third-order valence-corrected chi connectivity index (χ3v) is 7.14. The summed E-state index contributed by atoms with van der Waals surface area (Å²) < 4.78 is 1.74. The summed E-state index contributed by atoms with van der Waals surface area (Å²) in [4.78, 5) is 45.7. The molecule has 0 radical (unpaired) electrons. The van der Waals surface area contributed by atoms with Crippen LogP contribution in [0, 0.1) is 0 Å². The van der Waals surface area contributed by atoms with Crippen LogP contribution in [0.4, 0.5) is 0 Å². The molecular formula is C28H32N4O3. The topological polar surface area (TPSA) is 78.4 Å². The standard InChI is InChI=1S/C28H32N4O3/c33-24(31-19-9-15-23(31)27(34)30-17-7-8-18-30)16-10-20-32-26(22-13-5-2-6-14-22)25(29-28(32)35)21-11-3-1-4-12-21/h1-6,11-14,23H,7-10,15-20H2,(H,29,35)/t23-/m0/s1. The van der Waals surface area contributed by atoms with Crippen LogP contribution in [-0.4, -0.2) is 56.8 Å². The van der Waals surface area contributed by atoms with E-state index < -0.39 is 0 Å². The van der Waals surface area contributed by atoms with Gasteiger partial charge in [-0.2, -0.15) is 0 Å². The van der Waals surface area contributed by atoms with Crippen LogP contribution in [0.5, 0.6) is 0 Å². The smallest absolute Gasteiger partial charge is 0.326 e. The quantitative estimate of drug-likeness (QED) is 0.566. The van der Waals surface area contributed by atoms with Crippen LogP contribution in [0.2, 0.25) is 0 Å². The van der Waals surface area contributed by atoms with Gasteiger partial charge in [-0.05, 0) is 32.1 Å². The van der Waals surface area contributed by atoms with E-state index in [1.165, 1.54) is 0 Å². The Morgan fingerprint density at radius 2 is 1.51 bits per heavy atom. The maximum Gasteiger partial charge on any atom is 0.326 e. The summed E-state index contributed by atoms with van der Waals surface area (Å²) in [6.07, 6.45) is 4.56. The van der Waals surface area contributed by atoms with Crippen LogP contribution in [0.25, 0.3) is 22.5 Å². The molecule has 2 aliphatic rings. The fourth-order valence-corrected chi connectivity index (χ4v) is 5.40. The molecule has 1 N–H and O–H groups in total. The molecule has 2 fully saturated rings. The highest BCUT2D eigenvalue weighted by atomic mass is 16.2. The van der Waals surface area contributed by atoms with Crippen LogP contribution in [0.1, 0.15) is 38.5 Å². The van der Waals surface area contributed by atoms with Crippen molar-refractivity contribution in [2.24, 2.45) is 0 Å². The van der Waals surface area contributed by atoms with Crippen molar-refractivity contribution in [1.82, 2.24) is 19.4 Å². The lowest BCUT2D eigenvalue weighted by molar-refractivity contribution is -0.143. The maximum atomic E-state index is 13.1. The first-order valence-corrected chi connectivity index (χ1v) is 12.7. The van der Waals surface area contributed by atoms with Crippen molar-refractivity contribution >= 4 is 11.8 Å². The van der Waals surface area contributed by atoms with E-state index in [1.54, 1.807) is 9.47 Å². The Labute approximate surface area is 205 Å². The van der Waals surface area contributed by atoms with Crippen LogP contribution in [-0.2, 0) is 16.1 Å². The molecule has 2 aromatic carbocycles. The molecule has 3 heterocycles. The number of amides is 2. The number of imidazole rings is 1. The molecule has 0 unspecified atom stereocenters. The van der Waals surface area contributed by atoms with Gasteiger partial charge in [-0.15, -0.1) is 0 Å². The van der Waals surface area contributed by atoms with E-state index in [2.05, 4.69) is 4.98 Å². The first kappa shape index (κ1) is 23.1. The number of aromatic amines is 1. The number of H-pyrrole nitrogens is 1. The molecule has 3 aromatic rings. The zero-order valence-corrected chi connectivity index (χ0v) is 20.0. The molecule has 2 saturated heterocycles. The second kappa shape index (κ2) is 10.3. The van der Waals surface area contributed by atoms with Gasteiger partial charge in [-0.3, -0.25) is 14.2 Å². The van der Waals surface area contributed by atoms with Crippen LogP contribution in [0.3, 0.4) is 0 Å². The average Bonchev–Trinajstić information content (AvgIpc) is 3.66. The minimum absolute atomic E-state index is 0.00757. The van der Waals surface area contributed by atoms with E-state index in [9.17, 15) is 14.4 Å². The third kappa shape index (κ3) is 4.81. The number of nitrogens with zero attached hydrogens (tertiary/aromatic N) is 3. The van der Waals surface area contributed by atoms with Gasteiger partial charge in [0.2, 0.25) is 11.8 Å². The predicted molar refractivity (Wildman–Crippen MR) is 136 cm³/mol. The Morgan fingerprint density at radius 1 is 0.857 bits per heavy atom. The monoisotopic (exact) mass is 472 g/mol. The lowest BCUT2D eigenvalue weighted by atomic mass is 10.0. The first-order chi connectivity index (χ1) is 17.1. The van der Waals surface area contributed by atoms with E-state index in [4.69, 9.17) is 0 Å². The van der Waals surface area contributed by atoms with Gasteiger partial charge in [0, 0.05) is 43.7 Å². The maximum absolute atomic E-state index is 13.1. The number of nitrogens with one attached hydrogen (secondary N) is 1. The Bertz CT molecular complexity index is 1230. The summed E-state index contributed by atoms with van der Waals surface area (Å²) in [7, 11) is 0. The number of carbonyl (C=O) groups is 2. The van der Waals surface area contributed by atoms with E-state index in [0.717, 1.165) is 61.3 Å². The summed E-state index contributed by atoms with van der Waals surface area (Å²) in [5.74, 6) is 0.113. The number of hydrogen-bond donors (Lipinski definition) is 1. The fraction of sp³-hybridized carbons (Fsp3) is 0.393.